The summed E-state index contributed by atoms with van der Waals surface area (Å²) >= 11 is 0. The van der Waals surface area contributed by atoms with E-state index >= 15 is 0 Å². The molecule has 0 spiro atoms. The second-order valence-electron chi connectivity index (χ2n) is 3.63. The largest absolute Gasteiger partial charge is 0.0683 e. The Labute approximate surface area is 87.1 Å². The molecule has 0 heterocycles. The van der Waals surface area contributed by atoms with Crippen LogP contribution in [-0.4, -0.2) is 0 Å². The van der Waals surface area contributed by atoms with Crippen LogP contribution in [0.3, 0.4) is 0 Å². The van der Waals surface area contributed by atoms with E-state index in [1.807, 2.05) is 13.8 Å². The zero-order chi connectivity index (χ0) is 11.3. The van der Waals surface area contributed by atoms with Gasteiger partial charge in [-0.1, -0.05) is 74.7 Å². The summed E-state index contributed by atoms with van der Waals surface area (Å²) in [6.07, 6.45) is 3.96. The fraction of sp³-hybridized carbons (Fsp3) is 1.00. The highest BCUT2D eigenvalue weighted by molar-refractivity contribution is 4.52. The normalized spacial score (nSPS) is 10.8. The molecule has 0 radical (unpaired) electrons. The van der Waals surface area contributed by atoms with Crippen LogP contribution in [0.1, 0.15) is 74.7 Å². The van der Waals surface area contributed by atoms with Gasteiger partial charge in [0.2, 0.25) is 0 Å². The summed E-state index contributed by atoms with van der Waals surface area (Å²) in [5, 5.41) is 0. The van der Waals surface area contributed by atoms with E-state index in [-0.39, 0.29) is 0 Å². The Kier molecular flexibility index (Phi) is 25.8. The van der Waals surface area contributed by atoms with E-state index in [1.165, 1.54) is 19.3 Å². The van der Waals surface area contributed by atoms with Crippen LogP contribution in [0.5, 0.6) is 0 Å². The van der Waals surface area contributed by atoms with Crippen molar-refractivity contribution in [1.29, 1.82) is 0 Å². The van der Waals surface area contributed by atoms with Crippen molar-refractivity contribution in [1.82, 2.24) is 0 Å². The summed E-state index contributed by atoms with van der Waals surface area (Å²) in [6, 6.07) is 0. The van der Waals surface area contributed by atoms with Crippen molar-refractivity contribution in [3.05, 3.63) is 0 Å². The van der Waals surface area contributed by atoms with Crippen LogP contribution in [0.25, 0.3) is 0 Å². The van der Waals surface area contributed by atoms with Gasteiger partial charge in [-0.15, -0.1) is 0 Å². The standard InChI is InChI=1S/C7H16.C4H10.C2H6/c1-5-7(4)6(2)3;1-3-4-2;1-2/h6-7H,5H2,1-4H3;3-4H2,1-2H3;1-2H3. The van der Waals surface area contributed by atoms with E-state index in [0.717, 1.165) is 11.8 Å². The van der Waals surface area contributed by atoms with Gasteiger partial charge in [-0.25, -0.2) is 0 Å². The van der Waals surface area contributed by atoms with Gasteiger partial charge in [0.1, 0.15) is 0 Å². The fourth-order valence-electron chi connectivity index (χ4n) is 0.471. The average Bonchev–Trinajstić information content (AvgIpc) is 2.19. The average molecular weight is 188 g/mol. The molecule has 0 aliphatic rings. The molecule has 0 saturated carbocycles. The first kappa shape index (κ1) is 18.7. The van der Waals surface area contributed by atoms with Crippen molar-refractivity contribution in [2.75, 3.05) is 0 Å². The molecular weight excluding hydrogens is 156 g/mol. The zero-order valence-electron chi connectivity index (χ0n) is 11.3. The first-order chi connectivity index (χ1) is 6.09. The lowest BCUT2D eigenvalue weighted by atomic mass is 9.96. The lowest BCUT2D eigenvalue weighted by molar-refractivity contribution is 0.407. The third-order valence-corrected chi connectivity index (χ3v) is 2.28. The molecule has 1 atom stereocenters. The maximum absolute atomic E-state index is 2.30. The van der Waals surface area contributed by atoms with Gasteiger partial charge < -0.3 is 0 Å². The molecule has 0 rings (SSSR count). The second-order valence-corrected chi connectivity index (χ2v) is 3.63. The molecule has 0 aliphatic heterocycles. The predicted molar refractivity (Wildman–Crippen MR) is 66.2 cm³/mol. The molecule has 0 amide bonds. The van der Waals surface area contributed by atoms with Crippen molar-refractivity contribution < 1.29 is 0 Å². The van der Waals surface area contributed by atoms with Gasteiger partial charge in [-0.05, 0) is 11.8 Å². The highest BCUT2D eigenvalue weighted by Gasteiger charge is 2.01. The van der Waals surface area contributed by atoms with E-state index in [9.17, 15) is 0 Å². The summed E-state index contributed by atoms with van der Waals surface area (Å²) in [5.41, 5.74) is 0. The molecule has 0 bridgehead atoms. The molecule has 0 nitrogen and oxygen atoms in total. The minimum Gasteiger partial charge on any atom is -0.0683 e. The van der Waals surface area contributed by atoms with Crippen LogP contribution in [0.2, 0.25) is 0 Å². The number of hydrogen-bond donors (Lipinski definition) is 0. The third kappa shape index (κ3) is 24.5. The Morgan fingerprint density at radius 2 is 1.08 bits per heavy atom. The van der Waals surface area contributed by atoms with Crippen molar-refractivity contribution in [2.45, 2.75) is 74.7 Å². The van der Waals surface area contributed by atoms with Crippen molar-refractivity contribution in [3.63, 3.8) is 0 Å². The Balaban J connectivity index is -0.000000142. The summed E-state index contributed by atoms with van der Waals surface area (Å²) in [4.78, 5) is 0. The van der Waals surface area contributed by atoms with Gasteiger partial charge in [0.05, 0.1) is 0 Å². The highest BCUT2D eigenvalue weighted by atomic mass is 14.1. The van der Waals surface area contributed by atoms with Crippen LogP contribution in [-0.2, 0) is 0 Å². The van der Waals surface area contributed by atoms with Crippen molar-refractivity contribution in [2.24, 2.45) is 11.8 Å². The summed E-state index contributed by atoms with van der Waals surface area (Å²) in [5.74, 6) is 1.77. The van der Waals surface area contributed by atoms with Crippen molar-refractivity contribution in [3.8, 4) is 0 Å². The first-order valence-electron chi connectivity index (χ1n) is 6.09. The van der Waals surface area contributed by atoms with Crippen LogP contribution in [0, 0.1) is 11.8 Å². The van der Waals surface area contributed by atoms with E-state index in [1.54, 1.807) is 0 Å². The maximum atomic E-state index is 2.30. The van der Waals surface area contributed by atoms with Crippen LogP contribution < -0.4 is 0 Å². The van der Waals surface area contributed by atoms with E-state index in [4.69, 9.17) is 0 Å². The molecule has 0 heteroatoms. The molecule has 0 aromatic heterocycles. The second kappa shape index (κ2) is 17.9. The van der Waals surface area contributed by atoms with Gasteiger partial charge in [0, 0.05) is 0 Å². The summed E-state index contributed by atoms with van der Waals surface area (Å²) < 4.78 is 0. The Morgan fingerprint density at radius 3 is 1.08 bits per heavy atom. The molecule has 0 fully saturated rings. The lowest BCUT2D eigenvalue weighted by Crippen LogP contribution is -2.00. The number of unbranched alkanes of at least 4 members (excludes halogenated alkanes) is 1. The molecule has 0 N–H and O–H groups in total. The quantitative estimate of drug-likeness (QED) is 0.547. The fourth-order valence-corrected chi connectivity index (χ4v) is 0.471. The van der Waals surface area contributed by atoms with E-state index in [2.05, 4.69) is 41.5 Å². The lowest BCUT2D eigenvalue weighted by Gasteiger charge is -2.10. The molecule has 1 unspecified atom stereocenters. The van der Waals surface area contributed by atoms with Crippen molar-refractivity contribution >= 4 is 0 Å². The zero-order valence-corrected chi connectivity index (χ0v) is 11.3. The molecule has 0 aromatic carbocycles. The van der Waals surface area contributed by atoms with E-state index in [0.29, 0.717) is 0 Å². The SMILES string of the molecule is CC.CCC(C)C(C)C.CCCC. The van der Waals surface area contributed by atoms with Crippen LogP contribution in [0.4, 0.5) is 0 Å². The molecule has 13 heavy (non-hydrogen) atoms. The minimum absolute atomic E-state index is 0.866. The summed E-state index contributed by atoms with van der Waals surface area (Å²) in [6.45, 7) is 17.4. The number of rotatable bonds is 3. The first-order valence-corrected chi connectivity index (χ1v) is 6.09. The molecule has 0 aliphatic carbocycles. The monoisotopic (exact) mass is 188 g/mol. The van der Waals surface area contributed by atoms with Crippen LogP contribution >= 0.6 is 0 Å². The Bertz CT molecular complexity index is 53.1. The van der Waals surface area contributed by atoms with Gasteiger partial charge >= 0.3 is 0 Å². The Morgan fingerprint density at radius 1 is 0.769 bits per heavy atom. The van der Waals surface area contributed by atoms with Gasteiger partial charge in [-0.2, -0.15) is 0 Å². The topological polar surface area (TPSA) is 0 Å². The molecule has 0 saturated heterocycles. The molecule has 84 valence electrons. The molecular formula is C13H32. The third-order valence-electron chi connectivity index (χ3n) is 2.28. The number of hydrogen-bond acceptors (Lipinski definition) is 0. The minimum atomic E-state index is 0.866. The van der Waals surface area contributed by atoms with Gasteiger partial charge in [-0.3, -0.25) is 0 Å². The smallest absolute Gasteiger partial charge is 0.0422 e. The molecule has 0 aromatic rings. The predicted octanol–water partition coefficient (Wildman–Crippen LogP) is 5.52. The highest BCUT2D eigenvalue weighted by Crippen LogP contribution is 2.11. The summed E-state index contributed by atoms with van der Waals surface area (Å²) in [7, 11) is 0. The van der Waals surface area contributed by atoms with Gasteiger partial charge in [0.15, 0.2) is 0 Å². The maximum Gasteiger partial charge on any atom is -0.0422 e. The van der Waals surface area contributed by atoms with E-state index < -0.39 is 0 Å². The van der Waals surface area contributed by atoms with Gasteiger partial charge in [0.25, 0.3) is 0 Å². The van der Waals surface area contributed by atoms with Crippen LogP contribution in [0.15, 0.2) is 0 Å². The Hall–Kier alpha value is 0.